The number of hydrogen-bond acceptors (Lipinski definition) is 2. The maximum Gasteiger partial charge on any atom is 0.257 e. The van der Waals surface area contributed by atoms with Crippen molar-refractivity contribution in [2.45, 2.75) is 31.1 Å². The van der Waals surface area contributed by atoms with Crippen LogP contribution in [0.3, 0.4) is 0 Å². The SMILES string of the molecule is Cc1cc(C(=O)N2CC(Br)CC2C)co1. The first-order chi connectivity index (χ1) is 7.08. The normalized spacial score (nSPS) is 25.9. The molecule has 0 radical (unpaired) electrons. The van der Waals surface area contributed by atoms with Crippen molar-refractivity contribution >= 4 is 21.8 Å². The van der Waals surface area contributed by atoms with E-state index in [9.17, 15) is 4.79 Å². The fraction of sp³-hybridized carbons (Fsp3) is 0.545. The third kappa shape index (κ3) is 2.09. The maximum absolute atomic E-state index is 12.1. The van der Waals surface area contributed by atoms with Gasteiger partial charge in [0.25, 0.3) is 5.91 Å². The summed E-state index contributed by atoms with van der Waals surface area (Å²) < 4.78 is 5.15. The van der Waals surface area contributed by atoms with Crippen LogP contribution in [0.25, 0.3) is 0 Å². The molecule has 0 bridgehead atoms. The van der Waals surface area contributed by atoms with E-state index in [1.165, 1.54) is 6.26 Å². The predicted octanol–water partition coefficient (Wildman–Crippen LogP) is 2.59. The van der Waals surface area contributed by atoms with Gasteiger partial charge in [0.05, 0.1) is 5.56 Å². The summed E-state index contributed by atoms with van der Waals surface area (Å²) >= 11 is 3.55. The summed E-state index contributed by atoms with van der Waals surface area (Å²) in [5.41, 5.74) is 0.654. The number of rotatable bonds is 1. The molecule has 1 aliphatic rings. The average Bonchev–Trinajstić information content (AvgIpc) is 2.71. The number of halogens is 1. The molecule has 82 valence electrons. The molecule has 0 saturated carbocycles. The number of furan rings is 1. The molecule has 2 unspecified atom stereocenters. The van der Waals surface area contributed by atoms with Gasteiger partial charge in [-0.1, -0.05) is 15.9 Å². The first kappa shape index (κ1) is 10.7. The Bertz CT molecular complexity index is 374. The van der Waals surface area contributed by atoms with Crippen LogP contribution in [0.1, 0.15) is 29.5 Å². The van der Waals surface area contributed by atoms with E-state index in [0.717, 1.165) is 18.7 Å². The van der Waals surface area contributed by atoms with Crippen molar-refractivity contribution in [2.24, 2.45) is 0 Å². The van der Waals surface area contributed by atoms with E-state index >= 15 is 0 Å². The minimum atomic E-state index is 0.0706. The van der Waals surface area contributed by atoms with E-state index in [0.29, 0.717) is 16.4 Å². The Morgan fingerprint density at radius 3 is 2.87 bits per heavy atom. The second kappa shape index (κ2) is 4.00. The Labute approximate surface area is 97.6 Å². The highest BCUT2D eigenvalue weighted by molar-refractivity contribution is 9.09. The fourth-order valence-electron chi connectivity index (χ4n) is 1.97. The smallest absolute Gasteiger partial charge is 0.257 e. The summed E-state index contributed by atoms with van der Waals surface area (Å²) in [6.45, 7) is 4.70. The van der Waals surface area contributed by atoms with Gasteiger partial charge < -0.3 is 9.32 Å². The molecule has 3 nitrogen and oxygen atoms in total. The number of alkyl halides is 1. The summed E-state index contributed by atoms with van der Waals surface area (Å²) in [6, 6.07) is 2.09. The van der Waals surface area contributed by atoms with Gasteiger partial charge in [0.2, 0.25) is 0 Å². The number of carbonyl (C=O) groups excluding carboxylic acids is 1. The van der Waals surface area contributed by atoms with E-state index < -0.39 is 0 Å². The monoisotopic (exact) mass is 271 g/mol. The molecule has 2 heterocycles. The standard InChI is InChI=1S/C11H14BrNO2/c1-7-3-10(12)5-13(7)11(14)9-4-8(2)15-6-9/h4,6-7,10H,3,5H2,1-2H3. The molecule has 0 spiro atoms. The molecule has 0 aliphatic carbocycles. The minimum Gasteiger partial charge on any atom is -0.469 e. The van der Waals surface area contributed by atoms with E-state index in [1.807, 2.05) is 11.8 Å². The van der Waals surface area contributed by atoms with Crippen LogP contribution in [0.5, 0.6) is 0 Å². The number of likely N-dealkylation sites (tertiary alicyclic amines) is 1. The Morgan fingerprint density at radius 2 is 2.40 bits per heavy atom. The summed E-state index contributed by atoms with van der Waals surface area (Å²) in [5, 5.41) is 0. The molecule has 1 amide bonds. The molecular weight excluding hydrogens is 258 g/mol. The van der Waals surface area contributed by atoms with Crippen LogP contribution >= 0.6 is 15.9 Å². The summed E-state index contributed by atoms with van der Waals surface area (Å²) in [6.07, 6.45) is 2.55. The highest BCUT2D eigenvalue weighted by atomic mass is 79.9. The quantitative estimate of drug-likeness (QED) is 0.736. The van der Waals surface area contributed by atoms with E-state index in [1.54, 1.807) is 6.07 Å². The van der Waals surface area contributed by atoms with Crippen LogP contribution in [0.15, 0.2) is 16.7 Å². The van der Waals surface area contributed by atoms with Gasteiger partial charge in [-0.2, -0.15) is 0 Å². The largest absolute Gasteiger partial charge is 0.469 e. The molecule has 1 aliphatic heterocycles. The highest BCUT2D eigenvalue weighted by Crippen LogP contribution is 2.25. The summed E-state index contributed by atoms with van der Waals surface area (Å²) in [7, 11) is 0. The average molecular weight is 272 g/mol. The minimum absolute atomic E-state index is 0.0706. The van der Waals surface area contributed by atoms with Crippen LogP contribution in [-0.2, 0) is 0 Å². The zero-order valence-electron chi connectivity index (χ0n) is 8.87. The third-order valence-corrected chi connectivity index (χ3v) is 3.43. The zero-order chi connectivity index (χ0) is 11.0. The van der Waals surface area contributed by atoms with Crippen molar-refractivity contribution in [3.63, 3.8) is 0 Å². The van der Waals surface area contributed by atoms with Crippen LogP contribution in [-0.4, -0.2) is 28.2 Å². The van der Waals surface area contributed by atoms with Gasteiger partial charge in [-0.25, -0.2) is 0 Å². The summed E-state index contributed by atoms with van der Waals surface area (Å²) in [4.78, 5) is 14.4. The lowest BCUT2D eigenvalue weighted by atomic mass is 10.2. The van der Waals surface area contributed by atoms with Gasteiger partial charge >= 0.3 is 0 Å². The maximum atomic E-state index is 12.1. The lowest BCUT2D eigenvalue weighted by Gasteiger charge is -2.20. The molecule has 2 atom stereocenters. The van der Waals surface area contributed by atoms with Gasteiger partial charge in [-0.05, 0) is 26.3 Å². The Hall–Kier alpha value is -0.770. The van der Waals surface area contributed by atoms with Crippen LogP contribution in [0, 0.1) is 6.92 Å². The van der Waals surface area contributed by atoms with Gasteiger partial charge in [0.1, 0.15) is 12.0 Å². The molecule has 1 fully saturated rings. The number of nitrogens with zero attached hydrogens (tertiary/aromatic N) is 1. The molecule has 0 N–H and O–H groups in total. The molecule has 1 aromatic heterocycles. The molecule has 1 saturated heterocycles. The van der Waals surface area contributed by atoms with Crippen molar-refractivity contribution in [3.05, 3.63) is 23.7 Å². The fourth-order valence-corrected chi connectivity index (χ4v) is 2.82. The molecule has 0 aromatic carbocycles. The van der Waals surface area contributed by atoms with Gasteiger partial charge in [-0.15, -0.1) is 0 Å². The predicted molar refractivity (Wildman–Crippen MR) is 61.3 cm³/mol. The van der Waals surface area contributed by atoms with Gasteiger partial charge in [0.15, 0.2) is 0 Å². The molecule has 2 rings (SSSR count). The second-order valence-corrected chi connectivity index (χ2v) is 5.38. The van der Waals surface area contributed by atoms with E-state index in [4.69, 9.17) is 4.42 Å². The molecule has 1 aromatic rings. The number of hydrogen-bond donors (Lipinski definition) is 0. The van der Waals surface area contributed by atoms with Gasteiger partial charge in [0, 0.05) is 17.4 Å². The number of amides is 1. The van der Waals surface area contributed by atoms with E-state index in [2.05, 4.69) is 22.9 Å². The van der Waals surface area contributed by atoms with Crippen molar-refractivity contribution < 1.29 is 9.21 Å². The Balaban J connectivity index is 2.15. The Kier molecular flexibility index (Phi) is 2.87. The molecule has 15 heavy (non-hydrogen) atoms. The lowest BCUT2D eigenvalue weighted by molar-refractivity contribution is 0.0747. The topological polar surface area (TPSA) is 33.5 Å². The van der Waals surface area contributed by atoms with Gasteiger partial charge in [-0.3, -0.25) is 4.79 Å². The van der Waals surface area contributed by atoms with Crippen LogP contribution in [0.2, 0.25) is 0 Å². The van der Waals surface area contributed by atoms with E-state index in [-0.39, 0.29) is 5.91 Å². The van der Waals surface area contributed by atoms with Crippen LogP contribution < -0.4 is 0 Å². The Morgan fingerprint density at radius 1 is 1.67 bits per heavy atom. The van der Waals surface area contributed by atoms with Crippen molar-refractivity contribution in [1.29, 1.82) is 0 Å². The lowest BCUT2D eigenvalue weighted by Crippen LogP contribution is -2.33. The zero-order valence-corrected chi connectivity index (χ0v) is 10.5. The number of aryl methyl sites for hydroxylation is 1. The molecule has 4 heteroatoms. The molecular formula is C11H14BrNO2. The van der Waals surface area contributed by atoms with Crippen LogP contribution in [0.4, 0.5) is 0 Å². The first-order valence-electron chi connectivity index (χ1n) is 5.08. The first-order valence-corrected chi connectivity index (χ1v) is 5.99. The second-order valence-electron chi connectivity index (χ2n) is 4.09. The third-order valence-electron chi connectivity index (χ3n) is 2.76. The highest BCUT2D eigenvalue weighted by Gasteiger charge is 2.31. The van der Waals surface area contributed by atoms with Crippen molar-refractivity contribution in [3.8, 4) is 0 Å². The van der Waals surface area contributed by atoms with Crippen molar-refractivity contribution in [2.75, 3.05) is 6.54 Å². The summed E-state index contributed by atoms with van der Waals surface area (Å²) in [5.74, 6) is 0.849. The van der Waals surface area contributed by atoms with Crippen molar-refractivity contribution in [1.82, 2.24) is 4.90 Å². The number of carbonyl (C=O) groups is 1.